The van der Waals surface area contributed by atoms with Crippen LogP contribution in [0.4, 0.5) is 6.01 Å². The molecular formula is C23H33N5O2. The molecule has 2 aromatic rings. The number of aryl methyl sites for hydroxylation is 1. The summed E-state index contributed by atoms with van der Waals surface area (Å²) in [5.41, 5.74) is 2.13. The van der Waals surface area contributed by atoms with Gasteiger partial charge in [-0.25, -0.2) is 0 Å². The Labute approximate surface area is 178 Å². The quantitative estimate of drug-likeness (QED) is 0.787. The molecule has 0 unspecified atom stereocenters. The lowest BCUT2D eigenvalue weighted by Crippen LogP contribution is -2.42. The maximum Gasteiger partial charge on any atom is 0.318 e. The van der Waals surface area contributed by atoms with E-state index in [9.17, 15) is 4.79 Å². The first-order chi connectivity index (χ1) is 14.7. The van der Waals surface area contributed by atoms with Crippen LogP contribution in [0.15, 0.2) is 28.7 Å². The first-order valence-corrected chi connectivity index (χ1v) is 11.3. The Morgan fingerprint density at radius 3 is 2.43 bits per heavy atom. The van der Waals surface area contributed by atoms with E-state index in [2.05, 4.69) is 32.2 Å². The number of nitrogens with one attached hydrogen (secondary N) is 1. The standard InChI is InChI=1S/C23H33N5O2/c1-18-6-8-20(9-7-18)22-25-26-23(30-22)28-15-10-19(11-16-28)21(29)24-12-17-27-13-4-2-3-5-14-27/h6-9,19H,2-5,10-17H2,1H3,(H,24,29). The van der Waals surface area contributed by atoms with Crippen molar-refractivity contribution in [2.75, 3.05) is 44.2 Å². The van der Waals surface area contributed by atoms with Gasteiger partial charge in [-0.15, -0.1) is 5.10 Å². The van der Waals surface area contributed by atoms with E-state index in [1.165, 1.54) is 44.3 Å². The molecule has 0 spiro atoms. The molecule has 0 bridgehead atoms. The van der Waals surface area contributed by atoms with Crippen molar-refractivity contribution in [1.29, 1.82) is 0 Å². The number of hydrogen-bond acceptors (Lipinski definition) is 6. The van der Waals surface area contributed by atoms with Gasteiger partial charge in [0.2, 0.25) is 11.8 Å². The van der Waals surface area contributed by atoms with Gasteiger partial charge in [-0.3, -0.25) is 4.79 Å². The summed E-state index contributed by atoms with van der Waals surface area (Å²) in [6.45, 7) is 7.64. The largest absolute Gasteiger partial charge is 0.403 e. The fourth-order valence-corrected chi connectivity index (χ4v) is 4.33. The van der Waals surface area contributed by atoms with Gasteiger partial charge >= 0.3 is 6.01 Å². The molecule has 2 saturated heterocycles. The topological polar surface area (TPSA) is 74.5 Å². The molecule has 0 aliphatic carbocycles. The summed E-state index contributed by atoms with van der Waals surface area (Å²) in [6, 6.07) is 8.61. The predicted octanol–water partition coefficient (Wildman–Crippen LogP) is 3.25. The molecule has 2 aliphatic rings. The zero-order chi connectivity index (χ0) is 20.8. The van der Waals surface area contributed by atoms with Gasteiger partial charge in [0.25, 0.3) is 0 Å². The maximum atomic E-state index is 12.6. The zero-order valence-electron chi connectivity index (χ0n) is 18.0. The minimum atomic E-state index is 0.0740. The van der Waals surface area contributed by atoms with Gasteiger partial charge in [0, 0.05) is 37.7 Å². The summed E-state index contributed by atoms with van der Waals surface area (Å²) < 4.78 is 5.88. The molecule has 30 heavy (non-hydrogen) atoms. The maximum absolute atomic E-state index is 12.6. The second-order valence-electron chi connectivity index (χ2n) is 8.56. The average Bonchev–Trinajstić information content (AvgIpc) is 3.12. The molecular weight excluding hydrogens is 378 g/mol. The summed E-state index contributed by atoms with van der Waals surface area (Å²) in [7, 11) is 0. The van der Waals surface area contributed by atoms with Crippen molar-refractivity contribution in [3.63, 3.8) is 0 Å². The van der Waals surface area contributed by atoms with E-state index in [4.69, 9.17) is 4.42 Å². The van der Waals surface area contributed by atoms with E-state index in [-0.39, 0.29) is 11.8 Å². The fraction of sp³-hybridized carbons (Fsp3) is 0.609. The van der Waals surface area contributed by atoms with E-state index in [0.29, 0.717) is 11.9 Å². The van der Waals surface area contributed by atoms with E-state index in [0.717, 1.165) is 44.6 Å². The number of amides is 1. The number of rotatable bonds is 6. The second-order valence-corrected chi connectivity index (χ2v) is 8.56. The Morgan fingerprint density at radius 2 is 1.73 bits per heavy atom. The molecule has 0 atom stereocenters. The van der Waals surface area contributed by atoms with Crippen LogP contribution >= 0.6 is 0 Å². The number of piperidine rings is 1. The molecule has 1 N–H and O–H groups in total. The van der Waals surface area contributed by atoms with Crippen LogP contribution in [-0.4, -0.2) is 60.3 Å². The van der Waals surface area contributed by atoms with Gasteiger partial charge in [-0.1, -0.05) is 35.6 Å². The zero-order valence-corrected chi connectivity index (χ0v) is 18.0. The van der Waals surface area contributed by atoms with Gasteiger partial charge in [-0.05, 0) is 57.8 Å². The summed E-state index contributed by atoms with van der Waals surface area (Å²) in [5, 5.41) is 11.6. The SMILES string of the molecule is Cc1ccc(-c2nnc(N3CCC(C(=O)NCCN4CCCCCC4)CC3)o2)cc1. The Bertz CT molecular complexity index is 803. The molecule has 7 nitrogen and oxygen atoms in total. The Balaban J connectivity index is 1.22. The molecule has 2 aliphatic heterocycles. The first kappa shape index (κ1) is 20.8. The van der Waals surface area contributed by atoms with Crippen LogP contribution < -0.4 is 10.2 Å². The lowest BCUT2D eigenvalue weighted by atomic mass is 9.96. The Hall–Kier alpha value is -2.41. The number of nitrogens with zero attached hydrogens (tertiary/aromatic N) is 4. The summed E-state index contributed by atoms with van der Waals surface area (Å²) in [4.78, 5) is 17.1. The molecule has 1 amide bonds. The number of aromatic nitrogens is 2. The monoisotopic (exact) mass is 411 g/mol. The van der Waals surface area contributed by atoms with E-state index in [1.807, 2.05) is 24.3 Å². The lowest BCUT2D eigenvalue weighted by Gasteiger charge is -2.30. The highest BCUT2D eigenvalue weighted by molar-refractivity contribution is 5.78. The van der Waals surface area contributed by atoms with Gasteiger partial charge in [0.15, 0.2) is 0 Å². The number of hydrogen-bond donors (Lipinski definition) is 1. The van der Waals surface area contributed by atoms with Gasteiger partial charge in [0.1, 0.15) is 0 Å². The molecule has 2 fully saturated rings. The highest BCUT2D eigenvalue weighted by atomic mass is 16.4. The molecule has 0 radical (unpaired) electrons. The highest BCUT2D eigenvalue weighted by Crippen LogP contribution is 2.26. The van der Waals surface area contributed by atoms with E-state index < -0.39 is 0 Å². The molecule has 1 aromatic heterocycles. The van der Waals surface area contributed by atoms with Gasteiger partial charge < -0.3 is 19.5 Å². The summed E-state index contributed by atoms with van der Waals surface area (Å²) >= 11 is 0. The van der Waals surface area contributed by atoms with E-state index >= 15 is 0 Å². The molecule has 7 heteroatoms. The van der Waals surface area contributed by atoms with Crippen molar-refractivity contribution >= 4 is 11.9 Å². The molecule has 1 aromatic carbocycles. The van der Waals surface area contributed by atoms with Crippen molar-refractivity contribution in [3.05, 3.63) is 29.8 Å². The third-order valence-corrected chi connectivity index (χ3v) is 6.28. The first-order valence-electron chi connectivity index (χ1n) is 11.3. The number of likely N-dealkylation sites (tertiary alicyclic amines) is 1. The predicted molar refractivity (Wildman–Crippen MR) is 117 cm³/mol. The van der Waals surface area contributed by atoms with Crippen LogP contribution in [0.3, 0.4) is 0 Å². The third-order valence-electron chi connectivity index (χ3n) is 6.28. The Morgan fingerprint density at radius 1 is 1.03 bits per heavy atom. The molecule has 162 valence electrons. The normalized spacial score (nSPS) is 18.9. The van der Waals surface area contributed by atoms with Crippen LogP contribution in [0, 0.1) is 12.8 Å². The Kier molecular flexibility index (Phi) is 7.00. The van der Waals surface area contributed by atoms with Crippen molar-refractivity contribution in [2.24, 2.45) is 5.92 Å². The number of benzene rings is 1. The minimum Gasteiger partial charge on any atom is -0.403 e. The number of anilines is 1. The van der Waals surface area contributed by atoms with Crippen molar-refractivity contribution in [1.82, 2.24) is 20.4 Å². The van der Waals surface area contributed by atoms with Crippen molar-refractivity contribution in [3.8, 4) is 11.5 Å². The molecule has 4 rings (SSSR count). The molecule has 3 heterocycles. The lowest BCUT2D eigenvalue weighted by molar-refractivity contribution is -0.125. The van der Waals surface area contributed by atoms with Crippen LogP contribution in [0.1, 0.15) is 44.1 Å². The van der Waals surface area contributed by atoms with Crippen molar-refractivity contribution < 1.29 is 9.21 Å². The fourth-order valence-electron chi connectivity index (χ4n) is 4.33. The van der Waals surface area contributed by atoms with Crippen LogP contribution in [0.5, 0.6) is 0 Å². The molecule has 0 saturated carbocycles. The van der Waals surface area contributed by atoms with Crippen LogP contribution in [-0.2, 0) is 4.79 Å². The van der Waals surface area contributed by atoms with Crippen LogP contribution in [0.2, 0.25) is 0 Å². The van der Waals surface area contributed by atoms with E-state index in [1.54, 1.807) is 0 Å². The van der Waals surface area contributed by atoms with Gasteiger partial charge in [-0.2, -0.15) is 0 Å². The van der Waals surface area contributed by atoms with Gasteiger partial charge in [0.05, 0.1) is 0 Å². The number of carbonyl (C=O) groups excluding carboxylic acids is 1. The second kappa shape index (κ2) is 10.1. The highest BCUT2D eigenvalue weighted by Gasteiger charge is 2.27. The third kappa shape index (κ3) is 5.39. The summed E-state index contributed by atoms with van der Waals surface area (Å²) in [5.74, 6) is 0.804. The smallest absolute Gasteiger partial charge is 0.318 e. The van der Waals surface area contributed by atoms with Crippen molar-refractivity contribution in [2.45, 2.75) is 45.4 Å². The average molecular weight is 412 g/mol. The summed E-state index contributed by atoms with van der Waals surface area (Å²) in [6.07, 6.45) is 6.89. The number of carbonyl (C=O) groups is 1. The minimum absolute atomic E-state index is 0.0740. The van der Waals surface area contributed by atoms with Crippen LogP contribution in [0.25, 0.3) is 11.5 Å².